The van der Waals surface area contributed by atoms with Gasteiger partial charge >= 0.3 is 5.97 Å². The number of aliphatic carboxylic acids is 1. The molecule has 0 aromatic carbocycles. The SMILES string of the molecule is Cn1cnnc1CNC(=O)[C@@H]1CCC[C@@H]1C(=O)O. The van der Waals surface area contributed by atoms with Gasteiger partial charge < -0.3 is 15.0 Å². The highest BCUT2D eigenvalue weighted by molar-refractivity contribution is 5.85. The summed E-state index contributed by atoms with van der Waals surface area (Å²) in [6.45, 7) is 0.276. The molecule has 0 saturated heterocycles. The van der Waals surface area contributed by atoms with Gasteiger partial charge in [-0.1, -0.05) is 6.42 Å². The highest BCUT2D eigenvalue weighted by Crippen LogP contribution is 2.32. The summed E-state index contributed by atoms with van der Waals surface area (Å²) in [5, 5.41) is 19.3. The first-order chi connectivity index (χ1) is 8.59. The molecule has 0 aliphatic heterocycles. The van der Waals surface area contributed by atoms with Crippen LogP contribution in [0, 0.1) is 11.8 Å². The Balaban J connectivity index is 1.92. The van der Waals surface area contributed by atoms with Crippen molar-refractivity contribution in [2.45, 2.75) is 25.8 Å². The van der Waals surface area contributed by atoms with Crippen LogP contribution in [0.3, 0.4) is 0 Å². The highest BCUT2D eigenvalue weighted by Gasteiger charge is 2.37. The summed E-state index contributed by atoms with van der Waals surface area (Å²) in [5.74, 6) is -1.41. The molecular formula is C11H16N4O3. The first kappa shape index (κ1) is 12.5. The second-order valence-electron chi connectivity index (χ2n) is 4.56. The van der Waals surface area contributed by atoms with Gasteiger partial charge in [0, 0.05) is 7.05 Å². The van der Waals surface area contributed by atoms with Gasteiger partial charge in [-0.25, -0.2) is 0 Å². The number of nitrogens with one attached hydrogen (secondary N) is 1. The molecule has 2 rings (SSSR count). The van der Waals surface area contributed by atoms with E-state index in [9.17, 15) is 9.59 Å². The van der Waals surface area contributed by atoms with Crippen molar-refractivity contribution in [2.24, 2.45) is 18.9 Å². The number of carboxylic acids is 1. The van der Waals surface area contributed by atoms with Gasteiger partial charge in [0.15, 0.2) is 5.82 Å². The van der Waals surface area contributed by atoms with Crippen molar-refractivity contribution in [2.75, 3.05) is 0 Å². The number of aryl methyl sites for hydroxylation is 1. The molecule has 7 nitrogen and oxygen atoms in total. The van der Waals surface area contributed by atoms with Crippen molar-refractivity contribution < 1.29 is 14.7 Å². The zero-order valence-corrected chi connectivity index (χ0v) is 10.2. The number of carboxylic acid groups (broad SMARTS) is 1. The maximum Gasteiger partial charge on any atom is 0.307 e. The average Bonchev–Trinajstić information content (AvgIpc) is 2.94. The van der Waals surface area contributed by atoms with Crippen LogP contribution in [-0.4, -0.2) is 31.7 Å². The van der Waals surface area contributed by atoms with Crippen molar-refractivity contribution in [1.82, 2.24) is 20.1 Å². The van der Waals surface area contributed by atoms with E-state index in [1.165, 1.54) is 0 Å². The van der Waals surface area contributed by atoms with Crippen LogP contribution in [0.15, 0.2) is 6.33 Å². The lowest BCUT2D eigenvalue weighted by Gasteiger charge is -2.15. The fraction of sp³-hybridized carbons (Fsp3) is 0.636. The van der Waals surface area contributed by atoms with E-state index in [0.29, 0.717) is 18.7 Å². The molecule has 0 unspecified atom stereocenters. The summed E-state index contributed by atoms with van der Waals surface area (Å²) < 4.78 is 1.71. The molecule has 1 heterocycles. The third-order valence-electron chi connectivity index (χ3n) is 3.40. The van der Waals surface area contributed by atoms with Crippen LogP contribution in [0.1, 0.15) is 25.1 Å². The summed E-state index contributed by atoms with van der Waals surface area (Å²) >= 11 is 0. The number of aromatic nitrogens is 3. The third kappa shape index (κ3) is 2.49. The molecule has 2 N–H and O–H groups in total. The van der Waals surface area contributed by atoms with E-state index < -0.39 is 17.8 Å². The molecule has 0 spiro atoms. The zero-order valence-electron chi connectivity index (χ0n) is 10.2. The second kappa shape index (κ2) is 5.16. The number of hydrogen-bond donors (Lipinski definition) is 2. The summed E-state index contributed by atoms with van der Waals surface area (Å²) in [6.07, 6.45) is 3.56. The Bertz CT molecular complexity index is 457. The number of nitrogens with zero attached hydrogens (tertiary/aromatic N) is 3. The lowest BCUT2D eigenvalue weighted by molar-refractivity contribution is -0.146. The highest BCUT2D eigenvalue weighted by atomic mass is 16.4. The minimum atomic E-state index is -0.883. The minimum Gasteiger partial charge on any atom is -0.481 e. The van der Waals surface area contributed by atoms with Crippen LogP contribution in [0.5, 0.6) is 0 Å². The molecule has 0 bridgehead atoms. The van der Waals surface area contributed by atoms with Crippen molar-refractivity contribution >= 4 is 11.9 Å². The van der Waals surface area contributed by atoms with E-state index in [1.807, 2.05) is 0 Å². The molecule has 7 heteroatoms. The maximum atomic E-state index is 11.9. The van der Waals surface area contributed by atoms with Gasteiger partial charge in [-0.3, -0.25) is 9.59 Å². The first-order valence-corrected chi connectivity index (χ1v) is 5.93. The summed E-state index contributed by atoms with van der Waals surface area (Å²) in [7, 11) is 1.79. The Morgan fingerprint density at radius 3 is 2.83 bits per heavy atom. The number of carbonyl (C=O) groups excluding carboxylic acids is 1. The maximum absolute atomic E-state index is 11.9. The van der Waals surface area contributed by atoms with E-state index in [-0.39, 0.29) is 12.5 Å². The van der Waals surface area contributed by atoms with Crippen molar-refractivity contribution in [3.63, 3.8) is 0 Å². The van der Waals surface area contributed by atoms with Crippen LogP contribution in [0.25, 0.3) is 0 Å². The van der Waals surface area contributed by atoms with Gasteiger partial charge in [-0.05, 0) is 12.8 Å². The van der Waals surface area contributed by atoms with Gasteiger partial charge in [0.05, 0.1) is 18.4 Å². The molecule has 18 heavy (non-hydrogen) atoms. The van der Waals surface area contributed by atoms with Crippen LogP contribution >= 0.6 is 0 Å². The Morgan fingerprint density at radius 2 is 2.22 bits per heavy atom. The van der Waals surface area contributed by atoms with Gasteiger partial charge in [-0.2, -0.15) is 0 Å². The molecule has 1 amide bonds. The van der Waals surface area contributed by atoms with E-state index in [4.69, 9.17) is 5.11 Å². The number of carbonyl (C=O) groups is 2. The van der Waals surface area contributed by atoms with Crippen LogP contribution in [-0.2, 0) is 23.2 Å². The molecule has 1 aliphatic carbocycles. The summed E-state index contributed by atoms with van der Waals surface area (Å²) in [4.78, 5) is 22.9. The molecular weight excluding hydrogens is 236 g/mol. The first-order valence-electron chi connectivity index (χ1n) is 5.93. The Labute approximate surface area is 104 Å². The largest absolute Gasteiger partial charge is 0.481 e. The smallest absolute Gasteiger partial charge is 0.307 e. The molecule has 98 valence electrons. The number of hydrogen-bond acceptors (Lipinski definition) is 4. The van der Waals surface area contributed by atoms with E-state index in [0.717, 1.165) is 6.42 Å². The molecule has 1 aromatic heterocycles. The van der Waals surface area contributed by atoms with Crippen LogP contribution in [0.4, 0.5) is 0 Å². The Kier molecular flexibility index (Phi) is 3.59. The average molecular weight is 252 g/mol. The topological polar surface area (TPSA) is 97.1 Å². The van der Waals surface area contributed by atoms with Gasteiger partial charge in [0.25, 0.3) is 0 Å². The molecule has 1 fully saturated rings. The van der Waals surface area contributed by atoms with Gasteiger partial charge in [0.2, 0.25) is 5.91 Å². The standard InChI is InChI=1S/C11H16N4O3/c1-15-6-13-14-9(15)5-12-10(16)7-3-2-4-8(7)11(17)18/h6-8H,2-5H2,1H3,(H,12,16)(H,17,18)/t7-,8+/m1/s1. The van der Waals surface area contributed by atoms with Crippen LogP contribution in [0.2, 0.25) is 0 Å². The number of amides is 1. The summed E-state index contributed by atoms with van der Waals surface area (Å²) in [6, 6.07) is 0. The fourth-order valence-electron chi connectivity index (χ4n) is 2.33. The predicted octanol–water partition coefficient (Wildman–Crippen LogP) is -0.0678. The van der Waals surface area contributed by atoms with E-state index in [1.54, 1.807) is 17.9 Å². The number of rotatable bonds is 4. The van der Waals surface area contributed by atoms with Crippen molar-refractivity contribution in [1.29, 1.82) is 0 Å². The second-order valence-corrected chi connectivity index (χ2v) is 4.56. The Morgan fingerprint density at radius 1 is 1.50 bits per heavy atom. The molecule has 2 atom stereocenters. The van der Waals surface area contributed by atoms with Crippen LogP contribution < -0.4 is 5.32 Å². The van der Waals surface area contributed by atoms with Gasteiger partial charge in [-0.15, -0.1) is 10.2 Å². The molecule has 1 saturated carbocycles. The van der Waals surface area contributed by atoms with E-state index >= 15 is 0 Å². The van der Waals surface area contributed by atoms with Gasteiger partial charge in [0.1, 0.15) is 6.33 Å². The zero-order chi connectivity index (χ0) is 13.1. The monoisotopic (exact) mass is 252 g/mol. The fourth-order valence-corrected chi connectivity index (χ4v) is 2.33. The lowest BCUT2D eigenvalue weighted by atomic mass is 9.95. The minimum absolute atomic E-state index is 0.206. The molecule has 1 aliphatic rings. The van der Waals surface area contributed by atoms with Crippen molar-refractivity contribution in [3.05, 3.63) is 12.2 Å². The quantitative estimate of drug-likeness (QED) is 0.782. The van der Waals surface area contributed by atoms with E-state index in [2.05, 4.69) is 15.5 Å². The Hall–Kier alpha value is -1.92. The normalized spacial score (nSPS) is 22.9. The lowest BCUT2D eigenvalue weighted by Crippen LogP contribution is -2.35. The molecule has 1 aromatic rings. The molecule has 0 radical (unpaired) electrons. The summed E-state index contributed by atoms with van der Waals surface area (Å²) in [5.41, 5.74) is 0. The van der Waals surface area contributed by atoms with Crippen molar-refractivity contribution in [3.8, 4) is 0 Å². The third-order valence-corrected chi connectivity index (χ3v) is 3.40. The predicted molar refractivity (Wildman–Crippen MR) is 61.3 cm³/mol.